The third-order valence-electron chi connectivity index (χ3n) is 4.13. The molecule has 1 unspecified atom stereocenters. The zero-order valence-electron chi connectivity index (χ0n) is 11.9. The van der Waals surface area contributed by atoms with Crippen molar-refractivity contribution in [3.05, 3.63) is 0 Å². The number of piperidine rings is 1. The maximum Gasteiger partial charge on any atom is 0.229 e. The number of amides is 2. The van der Waals surface area contributed by atoms with Crippen LogP contribution in [0, 0.1) is 0 Å². The quantitative estimate of drug-likeness (QED) is 0.716. The second-order valence-electron chi connectivity index (χ2n) is 5.48. The number of carbonyl (C=O) groups excluding carboxylic acids is 2. The Hall–Kier alpha value is -0.940. The van der Waals surface area contributed by atoms with Crippen molar-refractivity contribution in [2.24, 2.45) is 0 Å². The Morgan fingerprint density at radius 1 is 1.26 bits per heavy atom. The van der Waals surface area contributed by atoms with E-state index < -0.39 is 0 Å². The summed E-state index contributed by atoms with van der Waals surface area (Å²) >= 11 is 0. The molecule has 0 radical (unpaired) electrons. The molecule has 2 heterocycles. The van der Waals surface area contributed by atoms with E-state index in [1.807, 2.05) is 0 Å². The van der Waals surface area contributed by atoms with Crippen LogP contribution in [0.5, 0.6) is 0 Å². The molecule has 5 heteroatoms. The molecule has 0 aliphatic carbocycles. The first-order chi connectivity index (χ1) is 9.20. The van der Waals surface area contributed by atoms with Crippen LogP contribution in [0.2, 0.25) is 0 Å². The molecule has 2 aliphatic rings. The lowest BCUT2D eigenvalue weighted by molar-refractivity contribution is -0.138. The lowest BCUT2D eigenvalue weighted by atomic mass is 10.0. The van der Waals surface area contributed by atoms with Gasteiger partial charge in [0.2, 0.25) is 11.8 Å². The first-order valence-electron chi connectivity index (χ1n) is 7.49. The molecule has 2 rings (SSSR count). The molecule has 2 fully saturated rings. The molecule has 0 bridgehead atoms. The highest BCUT2D eigenvalue weighted by molar-refractivity contribution is 6.01. The van der Waals surface area contributed by atoms with Crippen molar-refractivity contribution < 1.29 is 9.59 Å². The number of nitrogens with one attached hydrogen (secondary N) is 1. The van der Waals surface area contributed by atoms with Crippen LogP contribution in [0.4, 0.5) is 0 Å². The maximum atomic E-state index is 11.5. The van der Waals surface area contributed by atoms with E-state index in [0.29, 0.717) is 25.4 Å². The fraction of sp³-hybridized carbons (Fsp3) is 0.857. The number of likely N-dealkylation sites (N-methyl/N-ethyl adjacent to an activating group) is 1. The molecule has 0 saturated carbocycles. The predicted octanol–water partition coefficient (Wildman–Crippen LogP) is 0.599. The predicted molar refractivity (Wildman–Crippen MR) is 73.7 cm³/mol. The minimum Gasteiger partial charge on any atom is -0.313 e. The lowest BCUT2D eigenvalue weighted by Crippen LogP contribution is -2.46. The zero-order valence-corrected chi connectivity index (χ0v) is 11.9. The molecular formula is C14H25N3O2. The van der Waals surface area contributed by atoms with E-state index >= 15 is 0 Å². The summed E-state index contributed by atoms with van der Waals surface area (Å²) in [6.07, 6.45) is 4.61. The summed E-state index contributed by atoms with van der Waals surface area (Å²) in [6.45, 7) is 6.59. The fourth-order valence-electron chi connectivity index (χ4n) is 2.88. The Labute approximate surface area is 115 Å². The van der Waals surface area contributed by atoms with E-state index in [0.717, 1.165) is 26.2 Å². The molecule has 0 aromatic carbocycles. The van der Waals surface area contributed by atoms with Crippen molar-refractivity contribution in [1.29, 1.82) is 0 Å². The average molecular weight is 267 g/mol. The van der Waals surface area contributed by atoms with Gasteiger partial charge in [0.05, 0.1) is 0 Å². The van der Waals surface area contributed by atoms with E-state index in [4.69, 9.17) is 0 Å². The van der Waals surface area contributed by atoms with Crippen LogP contribution in [-0.2, 0) is 9.59 Å². The van der Waals surface area contributed by atoms with Crippen LogP contribution >= 0.6 is 0 Å². The smallest absolute Gasteiger partial charge is 0.229 e. The van der Waals surface area contributed by atoms with Gasteiger partial charge in [0.25, 0.3) is 0 Å². The topological polar surface area (TPSA) is 52.7 Å². The van der Waals surface area contributed by atoms with Gasteiger partial charge in [0, 0.05) is 38.5 Å². The second kappa shape index (κ2) is 7.01. The monoisotopic (exact) mass is 267 g/mol. The van der Waals surface area contributed by atoms with Gasteiger partial charge in [-0.05, 0) is 25.9 Å². The summed E-state index contributed by atoms with van der Waals surface area (Å²) in [7, 11) is 0. The van der Waals surface area contributed by atoms with Gasteiger partial charge in [-0.2, -0.15) is 0 Å². The summed E-state index contributed by atoms with van der Waals surface area (Å²) in [6, 6.07) is 0.568. The minimum absolute atomic E-state index is 0.00292. The number of hydrogen-bond acceptors (Lipinski definition) is 4. The standard InChI is InChI=1S/C14H25N3O2/c1-2-16(11-12-5-3-4-8-15-12)9-10-17-13(18)6-7-14(17)19/h12,15H,2-11H2,1H3. The van der Waals surface area contributed by atoms with E-state index in [1.165, 1.54) is 24.2 Å². The normalized spacial score (nSPS) is 24.5. The lowest BCUT2D eigenvalue weighted by Gasteiger charge is -2.30. The largest absolute Gasteiger partial charge is 0.313 e. The molecule has 0 spiro atoms. The summed E-state index contributed by atoms with van der Waals surface area (Å²) in [5, 5.41) is 3.54. The van der Waals surface area contributed by atoms with Crippen LogP contribution in [-0.4, -0.2) is 60.4 Å². The van der Waals surface area contributed by atoms with E-state index in [1.54, 1.807) is 0 Å². The summed E-state index contributed by atoms with van der Waals surface area (Å²) in [4.78, 5) is 26.9. The van der Waals surface area contributed by atoms with Crippen LogP contribution in [0.1, 0.15) is 39.0 Å². The SMILES string of the molecule is CCN(CCN1C(=O)CCC1=O)CC1CCCCN1. The van der Waals surface area contributed by atoms with Gasteiger partial charge in [-0.15, -0.1) is 0 Å². The molecule has 108 valence electrons. The highest BCUT2D eigenvalue weighted by Gasteiger charge is 2.28. The number of likely N-dealkylation sites (tertiary alicyclic amines) is 1. The van der Waals surface area contributed by atoms with Gasteiger partial charge in [0.15, 0.2) is 0 Å². The number of imide groups is 1. The van der Waals surface area contributed by atoms with Gasteiger partial charge in [-0.1, -0.05) is 13.3 Å². The van der Waals surface area contributed by atoms with E-state index in [-0.39, 0.29) is 11.8 Å². The number of nitrogens with zero attached hydrogens (tertiary/aromatic N) is 2. The van der Waals surface area contributed by atoms with Crippen LogP contribution < -0.4 is 5.32 Å². The molecule has 5 nitrogen and oxygen atoms in total. The molecule has 19 heavy (non-hydrogen) atoms. The third-order valence-corrected chi connectivity index (χ3v) is 4.13. The first kappa shape index (κ1) is 14.5. The molecular weight excluding hydrogens is 242 g/mol. The Kier molecular flexibility index (Phi) is 5.34. The Bertz CT molecular complexity index is 311. The van der Waals surface area contributed by atoms with Gasteiger partial charge in [-0.3, -0.25) is 14.5 Å². The van der Waals surface area contributed by atoms with Crippen molar-refractivity contribution in [3.63, 3.8) is 0 Å². The molecule has 1 N–H and O–H groups in total. The van der Waals surface area contributed by atoms with E-state index in [2.05, 4.69) is 17.1 Å². The van der Waals surface area contributed by atoms with Gasteiger partial charge in [0.1, 0.15) is 0 Å². The van der Waals surface area contributed by atoms with Gasteiger partial charge >= 0.3 is 0 Å². The van der Waals surface area contributed by atoms with Gasteiger partial charge < -0.3 is 10.2 Å². The maximum absolute atomic E-state index is 11.5. The van der Waals surface area contributed by atoms with Crippen molar-refractivity contribution >= 4 is 11.8 Å². The molecule has 1 atom stereocenters. The highest BCUT2D eigenvalue weighted by atomic mass is 16.2. The Morgan fingerprint density at radius 3 is 2.58 bits per heavy atom. The zero-order chi connectivity index (χ0) is 13.7. The average Bonchev–Trinajstić information content (AvgIpc) is 2.75. The Balaban J connectivity index is 1.75. The minimum atomic E-state index is -0.00292. The summed E-state index contributed by atoms with van der Waals surface area (Å²) < 4.78 is 0. The van der Waals surface area contributed by atoms with Crippen molar-refractivity contribution in [2.75, 3.05) is 32.7 Å². The van der Waals surface area contributed by atoms with Gasteiger partial charge in [-0.25, -0.2) is 0 Å². The van der Waals surface area contributed by atoms with Crippen LogP contribution in [0.3, 0.4) is 0 Å². The Morgan fingerprint density at radius 2 is 2.00 bits per heavy atom. The summed E-state index contributed by atoms with van der Waals surface area (Å²) in [5.41, 5.74) is 0. The summed E-state index contributed by atoms with van der Waals surface area (Å²) in [5.74, 6) is -0.00584. The number of hydrogen-bond donors (Lipinski definition) is 1. The highest BCUT2D eigenvalue weighted by Crippen LogP contribution is 2.12. The number of carbonyl (C=O) groups is 2. The third kappa shape index (κ3) is 4.01. The van der Waals surface area contributed by atoms with E-state index in [9.17, 15) is 9.59 Å². The molecule has 2 aliphatic heterocycles. The molecule has 0 aromatic heterocycles. The molecule has 2 saturated heterocycles. The molecule has 2 amide bonds. The van der Waals surface area contributed by atoms with Crippen LogP contribution in [0.25, 0.3) is 0 Å². The van der Waals surface area contributed by atoms with Crippen molar-refractivity contribution in [2.45, 2.75) is 45.1 Å². The van der Waals surface area contributed by atoms with Crippen molar-refractivity contribution in [3.8, 4) is 0 Å². The first-order valence-corrected chi connectivity index (χ1v) is 7.49. The number of rotatable bonds is 6. The second-order valence-corrected chi connectivity index (χ2v) is 5.48. The fourth-order valence-corrected chi connectivity index (χ4v) is 2.88. The molecule has 0 aromatic rings. The van der Waals surface area contributed by atoms with Crippen LogP contribution in [0.15, 0.2) is 0 Å². The van der Waals surface area contributed by atoms with Crippen molar-refractivity contribution in [1.82, 2.24) is 15.1 Å².